The first kappa shape index (κ1) is 14.5. The maximum Gasteiger partial charge on any atom is 0.272 e. The molecule has 3 aromatic rings. The third-order valence-corrected chi connectivity index (χ3v) is 4.21. The number of nitrogens with one attached hydrogen (secondary N) is 1. The van der Waals surface area contributed by atoms with Crippen LogP contribution in [0.3, 0.4) is 0 Å². The molecule has 0 fully saturated rings. The molecular formula is C17H16N6O. The maximum atomic E-state index is 12.5. The smallest absolute Gasteiger partial charge is 0.272 e. The highest BCUT2D eigenvalue weighted by molar-refractivity contribution is 5.92. The molecule has 0 spiro atoms. The molecule has 7 nitrogen and oxygen atoms in total. The number of nitrogens with zero attached hydrogens (tertiary/aromatic N) is 5. The molecular weight excluding hydrogens is 304 g/mol. The van der Waals surface area contributed by atoms with E-state index in [1.165, 1.54) is 28.5 Å². The summed E-state index contributed by atoms with van der Waals surface area (Å²) >= 11 is 0. The first-order chi connectivity index (χ1) is 11.8. The van der Waals surface area contributed by atoms with Crippen molar-refractivity contribution in [3.05, 3.63) is 65.9 Å². The fraction of sp³-hybridized carbons (Fsp3) is 0.235. The largest absolute Gasteiger partial charge is 0.344 e. The van der Waals surface area contributed by atoms with Crippen molar-refractivity contribution in [1.29, 1.82) is 0 Å². The van der Waals surface area contributed by atoms with Crippen LogP contribution in [-0.4, -0.2) is 30.9 Å². The summed E-state index contributed by atoms with van der Waals surface area (Å²) in [7, 11) is 0. The summed E-state index contributed by atoms with van der Waals surface area (Å²) in [5, 5.41) is 15.1. The van der Waals surface area contributed by atoms with Gasteiger partial charge in [0.15, 0.2) is 11.5 Å². The number of fused-ring (bicyclic) bond motifs is 1. The number of aryl methyl sites for hydroxylation is 1. The first-order valence-corrected chi connectivity index (χ1v) is 7.88. The van der Waals surface area contributed by atoms with Gasteiger partial charge in [0.2, 0.25) is 0 Å². The van der Waals surface area contributed by atoms with Crippen molar-refractivity contribution in [2.75, 3.05) is 0 Å². The Morgan fingerprint density at radius 2 is 2.08 bits per heavy atom. The third kappa shape index (κ3) is 2.76. The standard InChI is InChI=1S/C17H16N6O/c24-17(15-8-9-16(22-21-15)23-11-18-10-19-23)20-14-7-3-5-12-4-1-2-6-13(12)14/h1-2,4,6,8-11,14H,3,5,7H2,(H,20,24). The molecule has 1 aliphatic rings. The van der Waals surface area contributed by atoms with E-state index in [9.17, 15) is 4.79 Å². The van der Waals surface area contributed by atoms with Crippen molar-refractivity contribution in [3.8, 4) is 5.82 Å². The first-order valence-electron chi connectivity index (χ1n) is 7.88. The molecule has 0 saturated carbocycles. The highest BCUT2D eigenvalue weighted by Gasteiger charge is 2.22. The SMILES string of the molecule is O=C(NC1CCCc2ccccc21)c1ccc(-n2cncn2)nn1. The molecule has 2 heterocycles. The van der Waals surface area contributed by atoms with Gasteiger partial charge in [-0.15, -0.1) is 10.2 Å². The molecule has 4 rings (SSSR count). The van der Waals surface area contributed by atoms with Gasteiger partial charge in [0.25, 0.3) is 5.91 Å². The Kier molecular flexibility index (Phi) is 3.74. The Morgan fingerprint density at radius 1 is 1.17 bits per heavy atom. The predicted octanol–water partition coefficient (Wildman–Crippen LogP) is 1.86. The van der Waals surface area contributed by atoms with Crippen LogP contribution in [0.25, 0.3) is 5.82 Å². The normalized spacial score (nSPS) is 16.4. The lowest BCUT2D eigenvalue weighted by Gasteiger charge is -2.26. The summed E-state index contributed by atoms with van der Waals surface area (Å²) in [4.78, 5) is 16.3. The van der Waals surface area contributed by atoms with Crippen molar-refractivity contribution < 1.29 is 4.79 Å². The van der Waals surface area contributed by atoms with E-state index in [0.29, 0.717) is 11.5 Å². The zero-order valence-corrected chi connectivity index (χ0v) is 13.0. The quantitative estimate of drug-likeness (QED) is 0.796. The maximum absolute atomic E-state index is 12.5. The molecule has 2 aromatic heterocycles. The molecule has 24 heavy (non-hydrogen) atoms. The minimum absolute atomic E-state index is 0.0271. The van der Waals surface area contributed by atoms with E-state index in [-0.39, 0.29) is 11.9 Å². The number of benzene rings is 1. The van der Waals surface area contributed by atoms with Crippen molar-refractivity contribution in [1.82, 2.24) is 30.3 Å². The second-order valence-corrected chi connectivity index (χ2v) is 5.73. The molecule has 1 amide bonds. The number of carbonyl (C=O) groups excluding carboxylic acids is 1. The Labute approximate surface area is 138 Å². The Morgan fingerprint density at radius 3 is 2.88 bits per heavy atom. The van der Waals surface area contributed by atoms with E-state index in [1.807, 2.05) is 12.1 Å². The lowest BCUT2D eigenvalue weighted by atomic mass is 9.87. The number of aromatic nitrogens is 5. The number of hydrogen-bond donors (Lipinski definition) is 1. The summed E-state index contributed by atoms with van der Waals surface area (Å²) in [5.74, 6) is 0.307. The van der Waals surface area contributed by atoms with Crippen LogP contribution in [-0.2, 0) is 6.42 Å². The molecule has 0 radical (unpaired) electrons. The number of amides is 1. The molecule has 0 aliphatic heterocycles. The van der Waals surface area contributed by atoms with Crippen LogP contribution >= 0.6 is 0 Å². The molecule has 1 aromatic carbocycles. The van der Waals surface area contributed by atoms with Gasteiger partial charge in [-0.1, -0.05) is 24.3 Å². The van der Waals surface area contributed by atoms with Gasteiger partial charge in [-0.2, -0.15) is 5.10 Å². The third-order valence-electron chi connectivity index (χ3n) is 4.21. The highest BCUT2D eigenvalue weighted by atomic mass is 16.2. The number of rotatable bonds is 3. The van der Waals surface area contributed by atoms with Crippen molar-refractivity contribution >= 4 is 5.91 Å². The lowest BCUT2D eigenvalue weighted by molar-refractivity contribution is 0.0926. The van der Waals surface area contributed by atoms with Gasteiger partial charge in [-0.25, -0.2) is 9.67 Å². The van der Waals surface area contributed by atoms with Crippen LogP contribution in [0, 0.1) is 0 Å². The summed E-state index contributed by atoms with van der Waals surface area (Å²) in [5.41, 5.74) is 2.80. The average Bonchev–Trinajstić information content (AvgIpc) is 3.17. The Balaban J connectivity index is 1.51. The number of hydrogen-bond acceptors (Lipinski definition) is 5. The summed E-state index contributed by atoms with van der Waals surface area (Å²) in [6, 6.07) is 11.6. The lowest BCUT2D eigenvalue weighted by Crippen LogP contribution is -2.31. The molecule has 0 bridgehead atoms. The predicted molar refractivity (Wildman–Crippen MR) is 86.5 cm³/mol. The van der Waals surface area contributed by atoms with Crippen LogP contribution in [0.2, 0.25) is 0 Å². The Hall–Kier alpha value is -3.09. The van der Waals surface area contributed by atoms with Gasteiger partial charge in [-0.3, -0.25) is 4.79 Å². The van der Waals surface area contributed by atoms with Gasteiger partial charge in [0, 0.05) is 0 Å². The second kappa shape index (κ2) is 6.19. The highest BCUT2D eigenvalue weighted by Crippen LogP contribution is 2.29. The summed E-state index contributed by atoms with van der Waals surface area (Å²) in [6.45, 7) is 0. The summed E-state index contributed by atoms with van der Waals surface area (Å²) in [6.07, 6.45) is 6.02. The van der Waals surface area contributed by atoms with E-state index in [1.54, 1.807) is 12.1 Å². The molecule has 1 aliphatic carbocycles. The van der Waals surface area contributed by atoms with Crippen LogP contribution < -0.4 is 5.32 Å². The van der Waals surface area contributed by atoms with Gasteiger partial charge < -0.3 is 5.32 Å². The van der Waals surface area contributed by atoms with Crippen LogP contribution in [0.4, 0.5) is 0 Å². The zero-order chi connectivity index (χ0) is 16.4. The minimum atomic E-state index is -0.214. The summed E-state index contributed by atoms with van der Waals surface area (Å²) < 4.78 is 1.49. The molecule has 1 atom stereocenters. The molecule has 0 saturated heterocycles. The minimum Gasteiger partial charge on any atom is -0.344 e. The zero-order valence-electron chi connectivity index (χ0n) is 13.0. The molecule has 7 heteroatoms. The van der Waals surface area contributed by atoms with Crippen LogP contribution in [0.15, 0.2) is 49.1 Å². The Bertz CT molecular complexity index is 844. The van der Waals surface area contributed by atoms with Gasteiger partial charge in [-0.05, 0) is 42.5 Å². The molecule has 1 N–H and O–H groups in total. The van der Waals surface area contributed by atoms with E-state index in [2.05, 4.69) is 37.7 Å². The van der Waals surface area contributed by atoms with Gasteiger partial charge >= 0.3 is 0 Å². The monoisotopic (exact) mass is 320 g/mol. The van der Waals surface area contributed by atoms with E-state index in [0.717, 1.165) is 19.3 Å². The van der Waals surface area contributed by atoms with E-state index >= 15 is 0 Å². The fourth-order valence-corrected chi connectivity index (χ4v) is 3.03. The molecule has 120 valence electrons. The topological polar surface area (TPSA) is 85.6 Å². The van der Waals surface area contributed by atoms with E-state index < -0.39 is 0 Å². The van der Waals surface area contributed by atoms with Crippen LogP contribution in [0.1, 0.15) is 40.5 Å². The van der Waals surface area contributed by atoms with Gasteiger partial charge in [0.05, 0.1) is 6.04 Å². The van der Waals surface area contributed by atoms with Crippen molar-refractivity contribution in [2.24, 2.45) is 0 Å². The van der Waals surface area contributed by atoms with E-state index in [4.69, 9.17) is 0 Å². The average molecular weight is 320 g/mol. The fourth-order valence-electron chi connectivity index (χ4n) is 3.03. The number of carbonyl (C=O) groups is 1. The van der Waals surface area contributed by atoms with Crippen molar-refractivity contribution in [2.45, 2.75) is 25.3 Å². The van der Waals surface area contributed by atoms with Crippen molar-refractivity contribution in [3.63, 3.8) is 0 Å². The molecule has 1 unspecified atom stereocenters. The van der Waals surface area contributed by atoms with Gasteiger partial charge in [0.1, 0.15) is 12.7 Å². The van der Waals surface area contributed by atoms with Crippen LogP contribution in [0.5, 0.6) is 0 Å². The second-order valence-electron chi connectivity index (χ2n) is 5.73.